The smallest absolute Gasteiger partial charge is 0.302 e. The highest BCUT2D eigenvalue weighted by Gasteiger charge is 2.14. The van der Waals surface area contributed by atoms with Crippen LogP contribution in [0.5, 0.6) is 0 Å². The summed E-state index contributed by atoms with van der Waals surface area (Å²) < 4.78 is 15.7. The summed E-state index contributed by atoms with van der Waals surface area (Å²) >= 11 is 0. The van der Waals surface area contributed by atoms with Gasteiger partial charge in [0.1, 0.15) is 12.7 Å². The molecule has 25 heavy (non-hydrogen) atoms. The van der Waals surface area contributed by atoms with Gasteiger partial charge in [-0.25, -0.2) is 0 Å². The molecule has 1 unspecified atom stereocenters. The zero-order valence-corrected chi connectivity index (χ0v) is 16.3. The van der Waals surface area contributed by atoms with Crippen LogP contribution in [0.1, 0.15) is 53.9 Å². The first kappa shape index (κ1) is 23.4. The summed E-state index contributed by atoms with van der Waals surface area (Å²) in [6, 6.07) is 2.22. The molecule has 0 saturated heterocycles. The van der Waals surface area contributed by atoms with Crippen molar-refractivity contribution in [3.05, 3.63) is 23.3 Å². The van der Waals surface area contributed by atoms with Gasteiger partial charge >= 0.3 is 5.97 Å². The first-order chi connectivity index (χ1) is 11.9. The molecule has 0 aliphatic heterocycles. The number of nitriles is 1. The number of hydrogen-bond donors (Lipinski definition) is 0. The van der Waals surface area contributed by atoms with Gasteiger partial charge in [-0.1, -0.05) is 24.1 Å². The van der Waals surface area contributed by atoms with Crippen molar-refractivity contribution < 1.29 is 19.0 Å². The van der Waals surface area contributed by atoms with Crippen LogP contribution in [-0.4, -0.2) is 38.5 Å². The van der Waals surface area contributed by atoms with E-state index in [1.54, 1.807) is 0 Å². The van der Waals surface area contributed by atoms with E-state index in [-0.39, 0.29) is 5.97 Å². The molecule has 0 aromatic heterocycles. The molecule has 0 radical (unpaired) electrons. The van der Waals surface area contributed by atoms with Crippen molar-refractivity contribution in [2.45, 2.75) is 60.0 Å². The summed E-state index contributed by atoms with van der Waals surface area (Å²) in [6.07, 6.45) is 6.30. The minimum absolute atomic E-state index is 0.260. The maximum atomic E-state index is 10.7. The maximum Gasteiger partial charge on any atom is 0.302 e. The molecule has 0 bridgehead atoms. The number of hydrogen-bond acceptors (Lipinski definition) is 5. The van der Waals surface area contributed by atoms with E-state index in [2.05, 4.69) is 26.0 Å². The molecule has 142 valence electrons. The van der Waals surface area contributed by atoms with E-state index in [0.29, 0.717) is 38.8 Å². The summed E-state index contributed by atoms with van der Waals surface area (Å²) in [5.41, 5.74) is 2.47. The highest BCUT2D eigenvalue weighted by molar-refractivity contribution is 5.66. The molecule has 5 nitrogen and oxygen atoms in total. The number of esters is 1. The Bertz CT molecular complexity index is 477. The Hall–Kier alpha value is -1.64. The number of carbonyl (C=O) groups excluding carboxylic acids is 1. The van der Waals surface area contributed by atoms with Gasteiger partial charge in [-0.15, -0.1) is 0 Å². The maximum absolute atomic E-state index is 10.7. The topological polar surface area (TPSA) is 68.6 Å². The molecule has 0 heterocycles. The fraction of sp³-hybridized carbons (Fsp3) is 0.700. The van der Waals surface area contributed by atoms with Crippen molar-refractivity contribution in [1.29, 1.82) is 5.26 Å². The van der Waals surface area contributed by atoms with Gasteiger partial charge in [0.15, 0.2) is 0 Å². The molecule has 0 aromatic rings. The Morgan fingerprint density at radius 3 is 2.52 bits per heavy atom. The van der Waals surface area contributed by atoms with E-state index in [9.17, 15) is 10.1 Å². The predicted octanol–water partition coefficient (Wildman–Crippen LogP) is 4.19. The molecule has 0 amide bonds. The number of rotatable bonds is 13. The molecule has 0 fully saturated rings. The molecule has 0 aromatic carbocycles. The van der Waals surface area contributed by atoms with Gasteiger partial charge in [0.05, 0.1) is 19.3 Å². The summed E-state index contributed by atoms with van der Waals surface area (Å²) in [7, 11) is 0. The van der Waals surface area contributed by atoms with Crippen molar-refractivity contribution in [1.82, 2.24) is 0 Å². The number of ether oxygens (including phenoxy) is 3. The van der Waals surface area contributed by atoms with Gasteiger partial charge in [-0.05, 0) is 52.0 Å². The highest BCUT2D eigenvalue weighted by atomic mass is 16.5. The third-order valence-electron chi connectivity index (χ3n) is 3.96. The Morgan fingerprint density at radius 1 is 1.20 bits per heavy atom. The number of nitrogens with zero attached hydrogens (tertiary/aromatic N) is 1. The second-order valence-electron chi connectivity index (χ2n) is 6.16. The third-order valence-corrected chi connectivity index (χ3v) is 3.96. The summed E-state index contributed by atoms with van der Waals surface area (Å²) in [4.78, 5) is 10.7. The quantitative estimate of drug-likeness (QED) is 0.283. The van der Waals surface area contributed by atoms with Crippen LogP contribution in [0.15, 0.2) is 23.3 Å². The highest BCUT2D eigenvalue weighted by Crippen LogP contribution is 2.19. The zero-order chi connectivity index (χ0) is 19.1. The zero-order valence-electron chi connectivity index (χ0n) is 16.3. The first-order valence-corrected chi connectivity index (χ1v) is 8.95. The van der Waals surface area contributed by atoms with Crippen LogP contribution in [-0.2, 0) is 19.0 Å². The van der Waals surface area contributed by atoms with Crippen molar-refractivity contribution in [2.24, 2.45) is 5.92 Å². The van der Waals surface area contributed by atoms with Crippen molar-refractivity contribution >= 4 is 5.97 Å². The van der Waals surface area contributed by atoms with Gasteiger partial charge in [0.2, 0.25) is 0 Å². The molecular formula is C20H33NO4. The second kappa shape index (κ2) is 14.7. The van der Waals surface area contributed by atoms with Crippen LogP contribution in [0.4, 0.5) is 0 Å². The van der Waals surface area contributed by atoms with Crippen molar-refractivity contribution in [2.75, 3.05) is 26.4 Å². The Labute approximate surface area is 152 Å². The minimum Gasteiger partial charge on any atom is -0.462 e. The normalized spacial score (nSPS) is 14.7. The average Bonchev–Trinajstić information content (AvgIpc) is 2.56. The predicted molar refractivity (Wildman–Crippen MR) is 99.0 cm³/mol. The monoisotopic (exact) mass is 351 g/mol. The van der Waals surface area contributed by atoms with Crippen LogP contribution in [0.25, 0.3) is 0 Å². The van der Waals surface area contributed by atoms with Crippen LogP contribution in [0.3, 0.4) is 0 Å². The number of allylic oxidation sites excluding steroid dienone is 3. The van der Waals surface area contributed by atoms with E-state index in [1.165, 1.54) is 18.1 Å². The average molecular weight is 351 g/mol. The van der Waals surface area contributed by atoms with Crippen molar-refractivity contribution in [3.8, 4) is 6.07 Å². The van der Waals surface area contributed by atoms with Crippen LogP contribution >= 0.6 is 0 Å². The fourth-order valence-corrected chi connectivity index (χ4v) is 2.19. The molecule has 0 spiro atoms. The number of carbonyl (C=O) groups is 1. The van der Waals surface area contributed by atoms with Crippen LogP contribution in [0.2, 0.25) is 0 Å². The Balaban J connectivity index is 4.20. The van der Waals surface area contributed by atoms with E-state index >= 15 is 0 Å². The molecule has 5 heteroatoms. The lowest BCUT2D eigenvalue weighted by Crippen LogP contribution is -2.18. The molecular weight excluding hydrogens is 318 g/mol. The standard InChI is InChI=1S/C20H33NO4/c1-6-23-12-13-25-20(15-21)14-18(4)17(3)9-7-8-16(2)10-11-24-19(5)22/h9-10,18,20H,6-8,11-14H2,1-5H3/b16-10+,17-9+/t18-,20?/m0/s1. The summed E-state index contributed by atoms with van der Waals surface area (Å²) in [5.74, 6) is 0.0335. The van der Waals surface area contributed by atoms with E-state index in [1.807, 2.05) is 19.9 Å². The fourth-order valence-electron chi connectivity index (χ4n) is 2.19. The SMILES string of the molecule is CCOCCOC(C#N)C[C@H](C)/C(C)=C/CC/C(C)=C/COC(C)=O. The Kier molecular flexibility index (Phi) is 13.7. The largest absolute Gasteiger partial charge is 0.462 e. The van der Waals surface area contributed by atoms with Crippen LogP contribution < -0.4 is 0 Å². The van der Waals surface area contributed by atoms with Gasteiger partial charge in [-0.2, -0.15) is 5.26 Å². The van der Waals surface area contributed by atoms with Crippen molar-refractivity contribution in [3.63, 3.8) is 0 Å². The lowest BCUT2D eigenvalue weighted by molar-refractivity contribution is -0.139. The van der Waals surface area contributed by atoms with Gasteiger partial charge in [0.25, 0.3) is 0 Å². The minimum atomic E-state index is -0.399. The molecule has 0 N–H and O–H groups in total. The molecule has 0 rings (SSSR count). The van der Waals surface area contributed by atoms with Gasteiger partial charge < -0.3 is 14.2 Å². The molecule has 0 saturated carbocycles. The summed E-state index contributed by atoms with van der Waals surface area (Å²) in [5, 5.41) is 9.20. The van der Waals surface area contributed by atoms with E-state index < -0.39 is 6.10 Å². The van der Waals surface area contributed by atoms with Crippen LogP contribution in [0, 0.1) is 17.2 Å². The van der Waals surface area contributed by atoms with Gasteiger partial charge in [0, 0.05) is 13.5 Å². The second-order valence-corrected chi connectivity index (χ2v) is 6.16. The third kappa shape index (κ3) is 13.3. The first-order valence-electron chi connectivity index (χ1n) is 8.95. The summed E-state index contributed by atoms with van der Waals surface area (Å²) in [6.45, 7) is 11.6. The van der Waals surface area contributed by atoms with E-state index in [4.69, 9.17) is 14.2 Å². The molecule has 2 atom stereocenters. The lowest BCUT2D eigenvalue weighted by Gasteiger charge is -2.17. The Morgan fingerprint density at radius 2 is 1.92 bits per heavy atom. The van der Waals surface area contributed by atoms with Gasteiger partial charge in [-0.3, -0.25) is 4.79 Å². The molecule has 0 aliphatic carbocycles. The molecule has 0 aliphatic rings. The lowest BCUT2D eigenvalue weighted by atomic mass is 9.95. The van der Waals surface area contributed by atoms with E-state index in [0.717, 1.165) is 12.8 Å².